The molecule has 3 aliphatic rings. The van der Waals surface area contributed by atoms with Crippen LogP contribution in [-0.2, 0) is 27.0 Å². The molecule has 1 aromatic carbocycles. The minimum absolute atomic E-state index is 0.00468. The quantitative estimate of drug-likeness (QED) is 0.545. The minimum atomic E-state index is -5.07. The van der Waals surface area contributed by atoms with E-state index >= 15 is 0 Å². The molecule has 1 N–H and O–H groups in total. The average Bonchev–Trinajstić information content (AvgIpc) is 3.29. The van der Waals surface area contributed by atoms with Crippen molar-refractivity contribution < 1.29 is 45.8 Å². The van der Waals surface area contributed by atoms with Gasteiger partial charge in [-0.25, -0.2) is 0 Å². The summed E-state index contributed by atoms with van der Waals surface area (Å²) in [6.45, 7) is 3.74. The van der Waals surface area contributed by atoms with Crippen LogP contribution in [0.25, 0.3) is 0 Å². The van der Waals surface area contributed by atoms with Gasteiger partial charge in [-0.1, -0.05) is 19.9 Å². The molecule has 1 saturated heterocycles. The Balaban J connectivity index is 1.61. The zero-order valence-corrected chi connectivity index (χ0v) is 21.2. The van der Waals surface area contributed by atoms with E-state index in [1.54, 1.807) is 13.8 Å². The maximum absolute atomic E-state index is 14.0. The number of ether oxygens (including phenoxy) is 1. The third kappa shape index (κ3) is 5.38. The maximum Gasteiger partial charge on any atom is 0.471 e. The molecule has 3 atom stereocenters. The summed E-state index contributed by atoms with van der Waals surface area (Å²) in [6.07, 6.45) is -9.92. The van der Waals surface area contributed by atoms with Gasteiger partial charge in [-0.3, -0.25) is 9.59 Å². The molecule has 1 unspecified atom stereocenters. The molecule has 38 heavy (non-hydrogen) atoms. The maximum atomic E-state index is 14.0. The number of aliphatic hydroxyl groups is 1. The minimum Gasteiger partial charge on any atom is -0.387 e. The van der Waals surface area contributed by atoms with Gasteiger partial charge in [-0.2, -0.15) is 26.3 Å². The summed E-state index contributed by atoms with van der Waals surface area (Å²) in [5.41, 5.74) is -1.53. The van der Waals surface area contributed by atoms with Crippen LogP contribution in [0.3, 0.4) is 0 Å². The number of amides is 2. The SMILES string of the molecule is CC(C)[C@]1(C(=O)N2Cc3cc(C(F)(F)F)ccc3C(O)C2)CC[C@@H](N(C(=O)C(F)(F)F)C2CCOCC2)C1. The van der Waals surface area contributed by atoms with Gasteiger partial charge in [0.15, 0.2) is 0 Å². The lowest BCUT2D eigenvalue weighted by Gasteiger charge is -2.42. The molecule has 0 bridgehead atoms. The van der Waals surface area contributed by atoms with Gasteiger partial charge < -0.3 is 19.6 Å². The Kier molecular flexibility index (Phi) is 7.79. The second-order valence-corrected chi connectivity index (χ2v) is 10.9. The van der Waals surface area contributed by atoms with Gasteiger partial charge in [0.1, 0.15) is 0 Å². The zero-order chi connectivity index (χ0) is 28.0. The topological polar surface area (TPSA) is 70.1 Å². The predicted octanol–water partition coefficient (Wildman–Crippen LogP) is 4.85. The molecule has 1 aromatic rings. The monoisotopic (exact) mass is 550 g/mol. The van der Waals surface area contributed by atoms with Crippen molar-refractivity contribution in [3.8, 4) is 0 Å². The molecule has 1 saturated carbocycles. The molecule has 2 amide bonds. The fourth-order valence-electron chi connectivity index (χ4n) is 6.28. The summed E-state index contributed by atoms with van der Waals surface area (Å²) in [5.74, 6) is -2.68. The third-order valence-corrected chi connectivity index (χ3v) is 8.38. The Labute approximate surface area is 216 Å². The van der Waals surface area contributed by atoms with Crippen molar-refractivity contribution in [3.05, 3.63) is 34.9 Å². The second kappa shape index (κ2) is 10.3. The summed E-state index contributed by atoms with van der Waals surface area (Å²) in [4.78, 5) is 28.7. The van der Waals surface area contributed by atoms with Crippen LogP contribution in [0.2, 0.25) is 0 Å². The van der Waals surface area contributed by atoms with Crippen LogP contribution < -0.4 is 0 Å². The first-order valence-electron chi connectivity index (χ1n) is 12.8. The number of carbonyl (C=O) groups is 2. The first-order chi connectivity index (χ1) is 17.6. The highest BCUT2D eigenvalue weighted by molar-refractivity contribution is 5.85. The van der Waals surface area contributed by atoms with Gasteiger partial charge in [0.05, 0.1) is 23.6 Å². The molecule has 2 aliphatic heterocycles. The van der Waals surface area contributed by atoms with Gasteiger partial charge >= 0.3 is 18.3 Å². The molecule has 0 spiro atoms. The third-order valence-electron chi connectivity index (χ3n) is 8.38. The van der Waals surface area contributed by atoms with Crippen molar-refractivity contribution in [2.75, 3.05) is 19.8 Å². The molecule has 2 fully saturated rings. The van der Waals surface area contributed by atoms with E-state index in [-0.39, 0.29) is 69.9 Å². The first kappa shape index (κ1) is 28.7. The highest BCUT2D eigenvalue weighted by Crippen LogP contribution is 2.49. The van der Waals surface area contributed by atoms with Gasteiger partial charge in [0.25, 0.3) is 0 Å². The molecule has 4 rings (SSSR count). The predicted molar refractivity (Wildman–Crippen MR) is 123 cm³/mol. The van der Waals surface area contributed by atoms with Crippen LogP contribution in [0, 0.1) is 11.3 Å². The number of nitrogens with zero attached hydrogens (tertiary/aromatic N) is 2. The van der Waals surface area contributed by atoms with Crippen molar-refractivity contribution in [2.24, 2.45) is 11.3 Å². The van der Waals surface area contributed by atoms with E-state index in [9.17, 15) is 41.0 Å². The van der Waals surface area contributed by atoms with Crippen LogP contribution in [0.4, 0.5) is 26.3 Å². The first-order valence-corrected chi connectivity index (χ1v) is 12.8. The number of benzene rings is 1. The number of β-amino-alcohol motifs (C(OH)–C–C–N with tert-alkyl or cyclic N) is 1. The van der Waals surface area contributed by atoms with E-state index < -0.39 is 53.3 Å². The number of carbonyl (C=O) groups excluding carboxylic acids is 2. The fourth-order valence-corrected chi connectivity index (χ4v) is 6.28. The molecular formula is C26H32F6N2O4. The summed E-state index contributed by atoms with van der Waals surface area (Å²) in [6, 6.07) is 1.54. The fraction of sp³-hybridized carbons (Fsp3) is 0.692. The Bertz CT molecular complexity index is 1050. The van der Waals surface area contributed by atoms with E-state index in [4.69, 9.17) is 4.74 Å². The number of rotatable bonds is 4. The van der Waals surface area contributed by atoms with E-state index in [2.05, 4.69) is 0 Å². The van der Waals surface area contributed by atoms with Crippen molar-refractivity contribution in [1.29, 1.82) is 0 Å². The summed E-state index contributed by atoms with van der Waals surface area (Å²) in [5, 5.41) is 10.6. The Hall–Kier alpha value is -2.34. The van der Waals surface area contributed by atoms with Gasteiger partial charge in [-0.05, 0) is 61.3 Å². The van der Waals surface area contributed by atoms with Crippen LogP contribution in [0.1, 0.15) is 68.7 Å². The van der Waals surface area contributed by atoms with Gasteiger partial charge in [0.2, 0.25) is 5.91 Å². The van der Waals surface area contributed by atoms with E-state index in [0.717, 1.165) is 17.0 Å². The Morgan fingerprint density at radius 2 is 1.74 bits per heavy atom. The summed E-state index contributed by atoms with van der Waals surface area (Å²) in [7, 11) is 0. The average molecular weight is 551 g/mol. The standard InChI is InChI=1S/C26H32F6N2O4/c1-15(2)24(8-5-19(12-24)34(23(37)26(30,31)32)18-6-9-38-10-7-18)22(36)33-13-16-11-17(25(27,28)29)3-4-20(16)21(35)14-33/h3-4,11,15,18-19,21,35H,5-10,12-14H2,1-2H3/t19-,21?,24+/m1/s1. The van der Waals surface area contributed by atoms with Crippen LogP contribution in [0.15, 0.2) is 18.2 Å². The zero-order valence-electron chi connectivity index (χ0n) is 21.2. The number of hydrogen-bond acceptors (Lipinski definition) is 4. The smallest absolute Gasteiger partial charge is 0.387 e. The number of fused-ring (bicyclic) bond motifs is 1. The molecule has 2 heterocycles. The van der Waals surface area contributed by atoms with E-state index in [0.29, 0.717) is 5.56 Å². The molecule has 0 radical (unpaired) electrons. The summed E-state index contributed by atoms with van der Waals surface area (Å²) >= 11 is 0. The van der Waals surface area contributed by atoms with Crippen LogP contribution in [-0.4, -0.2) is 64.7 Å². The van der Waals surface area contributed by atoms with Crippen LogP contribution in [0.5, 0.6) is 0 Å². The van der Waals surface area contributed by atoms with Crippen LogP contribution >= 0.6 is 0 Å². The molecule has 12 heteroatoms. The lowest BCUT2D eigenvalue weighted by Crippen LogP contribution is -2.54. The molecule has 212 valence electrons. The van der Waals surface area contributed by atoms with E-state index in [1.807, 2.05) is 0 Å². The lowest BCUT2D eigenvalue weighted by molar-refractivity contribution is -0.192. The summed E-state index contributed by atoms with van der Waals surface area (Å²) < 4.78 is 85.9. The molecular weight excluding hydrogens is 518 g/mol. The van der Waals surface area contributed by atoms with Crippen molar-refractivity contribution in [1.82, 2.24) is 9.80 Å². The number of alkyl halides is 6. The Morgan fingerprint density at radius 3 is 2.32 bits per heavy atom. The van der Waals surface area contributed by atoms with Crippen molar-refractivity contribution >= 4 is 11.8 Å². The molecule has 6 nitrogen and oxygen atoms in total. The van der Waals surface area contributed by atoms with E-state index in [1.165, 1.54) is 11.0 Å². The van der Waals surface area contributed by atoms with Gasteiger partial charge in [0, 0.05) is 31.8 Å². The number of aliphatic hydroxyl groups excluding tert-OH is 1. The van der Waals surface area contributed by atoms with Gasteiger partial charge in [-0.15, -0.1) is 0 Å². The van der Waals surface area contributed by atoms with Crippen molar-refractivity contribution in [3.63, 3.8) is 0 Å². The number of hydrogen-bond donors (Lipinski definition) is 1. The molecule has 0 aromatic heterocycles. The largest absolute Gasteiger partial charge is 0.471 e. The highest BCUT2D eigenvalue weighted by atomic mass is 19.4. The number of halogens is 6. The highest BCUT2D eigenvalue weighted by Gasteiger charge is 2.55. The lowest BCUT2D eigenvalue weighted by atomic mass is 9.73. The second-order valence-electron chi connectivity index (χ2n) is 10.9. The Morgan fingerprint density at radius 1 is 1.08 bits per heavy atom. The molecule has 1 aliphatic carbocycles. The normalized spacial score (nSPS) is 26.9. The van der Waals surface area contributed by atoms with Crippen molar-refractivity contribution in [2.45, 2.75) is 83.0 Å².